The van der Waals surface area contributed by atoms with E-state index in [1.54, 1.807) is 30.3 Å². The molecule has 0 aliphatic heterocycles. The van der Waals surface area contributed by atoms with Crippen molar-refractivity contribution >= 4 is 45.5 Å². The summed E-state index contributed by atoms with van der Waals surface area (Å²) in [6.07, 6.45) is 1.47. The Labute approximate surface area is 224 Å². The van der Waals surface area contributed by atoms with Crippen LogP contribution in [0, 0.1) is 0 Å². The molecule has 5 rings (SSSR count). The molecule has 1 N–H and O–H groups in total. The van der Waals surface area contributed by atoms with E-state index in [9.17, 15) is 4.79 Å². The summed E-state index contributed by atoms with van der Waals surface area (Å²) in [4.78, 5) is 12.6. The van der Waals surface area contributed by atoms with E-state index in [0.717, 1.165) is 21.7 Å². The molecule has 38 heavy (non-hydrogen) atoms. The highest BCUT2D eigenvalue weighted by Crippen LogP contribution is 2.37. The molecule has 0 saturated heterocycles. The lowest BCUT2D eigenvalue weighted by Gasteiger charge is -2.14. The molecule has 0 saturated carbocycles. The normalized spacial score (nSPS) is 11.2. The van der Waals surface area contributed by atoms with Crippen molar-refractivity contribution in [3.63, 3.8) is 0 Å². The number of furan rings is 1. The molecule has 8 heteroatoms. The maximum atomic E-state index is 12.6. The Balaban J connectivity index is 1.27. The molecule has 0 atom stereocenters. The number of ether oxygens (including phenoxy) is 3. The van der Waals surface area contributed by atoms with Gasteiger partial charge in [-0.15, -0.1) is 0 Å². The van der Waals surface area contributed by atoms with Crippen molar-refractivity contribution in [1.29, 1.82) is 0 Å². The fraction of sp³-hybridized carbons (Fsp3) is 0.133. The molecule has 0 bridgehead atoms. The van der Waals surface area contributed by atoms with Gasteiger partial charge in [0.2, 0.25) is 0 Å². The van der Waals surface area contributed by atoms with Crippen LogP contribution >= 0.6 is 11.6 Å². The van der Waals surface area contributed by atoms with Crippen molar-refractivity contribution in [3.05, 3.63) is 101 Å². The number of rotatable bonds is 9. The van der Waals surface area contributed by atoms with Crippen LogP contribution in [0.1, 0.15) is 28.6 Å². The predicted octanol–water partition coefficient (Wildman–Crippen LogP) is 6.99. The van der Waals surface area contributed by atoms with Crippen LogP contribution in [0.2, 0.25) is 5.02 Å². The zero-order valence-electron chi connectivity index (χ0n) is 20.9. The molecule has 7 nitrogen and oxygen atoms in total. The number of nitrogens with one attached hydrogen (secondary N) is 1. The van der Waals surface area contributed by atoms with E-state index in [0.29, 0.717) is 46.6 Å². The number of benzene rings is 4. The standard InChI is InChI=1S/C30H25ClN2O5/c1-3-36-23-11-12-26-22(15-23)16-28(38-26)30(34)33-32-17-19-13-25(31)29(27(14-19)35-2)37-18-21-9-6-8-20-7-4-5-10-24(20)21/h4-17H,3,18H2,1-2H3,(H,33,34)/b32-17+. The Morgan fingerprint density at radius 2 is 1.84 bits per heavy atom. The molecule has 0 aliphatic rings. The number of carbonyl (C=O) groups is 1. The van der Waals surface area contributed by atoms with Gasteiger partial charge in [-0.3, -0.25) is 4.79 Å². The van der Waals surface area contributed by atoms with E-state index in [4.69, 9.17) is 30.2 Å². The molecule has 0 spiro atoms. The number of carbonyl (C=O) groups excluding carboxylic acids is 1. The van der Waals surface area contributed by atoms with E-state index in [1.165, 1.54) is 13.3 Å². The van der Waals surface area contributed by atoms with Crippen LogP contribution in [0.4, 0.5) is 0 Å². The highest BCUT2D eigenvalue weighted by atomic mass is 35.5. The van der Waals surface area contributed by atoms with Gasteiger partial charge in [-0.05, 0) is 65.2 Å². The summed E-state index contributed by atoms with van der Waals surface area (Å²) in [5.41, 5.74) is 4.71. The molecule has 1 amide bonds. The number of nitrogens with zero attached hydrogens (tertiary/aromatic N) is 1. The van der Waals surface area contributed by atoms with Gasteiger partial charge in [0.15, 0.2) is 17.3 Å². The second kappa shape index (κ2) is 11.3. The fourth-order valence-corrected chi connectivity index (χ4v) is 4.41. The van der Waals surface area contributed by atoms with Crippen LogP contribution < -0.4 is 19.6 Å². The molecule has 0 radical (unpaired) electrons. The number of hydrogen-bond acceptors (Lipinski definition) is 6. The largest absolute Gasteiger partial charge is 0.494 e. The number of halogens is 1. The average Bonchev–Trinajstić information content (AvgIpc) is 3.36. The Kier molecular flexibility index (Phi) is 7.47. The lowest BCUT2D eigenvalue weighted by Crippen LogP contribution is -2.16. The molecule has 5 aromatic rings. The van der Waals surface area contributed by atoms with Crippen LogP contribution in [0.3, 0.4) is 0 Å². The highest BCUT2D eigenvalue weighted by molar-refractivity contribution is 6.32. The van der Waals surface area contributed by atoms with Gasteiger partial charge in [-0.1, -0.05) is 54.1 Å². The van der Waals surface area contributed by atoms with Gasteiger partial charge in [0.25, 0.3) is 0 Å². The van der Waals surface area contributed by atoms with Crippen LogP contribution in [-0.4, -0.2) is 25.8 Å². The minimum absolute atomic E-state index is 0.138. The lowest BCUT2D eigenvalue weighted by molar-refractivity contribution is 0.0929. The summed E-state index contributed by atoms with van der Waals surface area (Å²) in [5.74, 6) is 1.24. The third-order valence-electron chi connectivity index (χ3n) is 5.91. The summed E-state index contributed by atoms with van der Waals surface area (Å²) in [7, 11) is 1.54. The van der Waals surface area contributed by atoms with Gasteiger partial charge in [-0.25, -0.2) is 5.43 Å². The lowest BCUT2D eigenvalue weighted by atomic mass is 10.1. The van der Waals surface area contributed by atoms with Gasteiger partial charge >= 0.3 is 5.91 Å². The second-order valence-electron chi connectivity index (χ2n) is 8.40. The number of fused-ring (bicyclic) bond motifs is 2. The van der Waals surface area contributed by atoms with Crippen LogP contribution in [0.25, 0.3) is 21.7 Å². The predicted molar refractivity (Wildman–Crippen MR) is 149 cm³/mol. The van der Waals surface area contributed by atoms with Crippen LogP contribution in [0.5, 0.6) is 17.2 Å². The summed E-state index contributed by atoms with van der Waals surface area (Å²) in [6, 6.07) is 24.6. The van der Waals surface area contributed by atoms with E-state index < -0.39 is 5.91 Å². The highest BCUT2D eigenvalue weighted by Gasteiger charge is 2.14. The first-order chi connectivity index (χ1) is 18.6. The van der Waals surface area contributed by atoms with Gasteiger partial charge in [0, 0.05) is 5.39 Å². The molecule has 0 unspecified atom stereocenters. The van der Waals surface area contributed by atoms with Crippen LogP contribution in [-0.2, 0) is 6.61 Å². The van der Waals surface area contributed by atoms with Crippen molar-refractivity contribution in [2.24, 2.45) is 5.10 Å². The Morgan fingerprint density at radius 1 is 1.00 bits per heavy atom. The second-order valence-corrected chi connectivity index (χ2v) is 8.81. The van der Waals surface area contributed by atoms with Gasteiger partial charge in [0.1, 0.15) is 17.9 Å². The van der Waals surface area contributed by atoms with Crippen molar-refractivity contribution in [2.75, 3.05) is 13.7 Å². The Morgan fingerprint density at radius 3 is 2.68 bits per heavy atom. The number of amides is 1. The van der Waals surface area contributed by atoms with E-state index in [-0.39, 0.29) is 5.76 Å². The summed E-state index contributed by atoms with van der Waals surface area (Å²) in [6.45, 7) is 2.79. The van der Waals surface area contributed by atoms with Crippen LogP contribution in [0.15, 0.2) is 88.4 Å². The molecule has 1 heterocycles. The fourth-order valence-electron chi connectivity index (χ4n) is 4.13. The minimum Gasteiger partial charge on any atom is -0.494 e. The molecule has 4 aromatic carbocycles. The van der Waals surface area contributed by atoms with Crippen molar-refractivity contribution in [2.45, 2.75) is 13.5 Å². The van der Waals surface area contributed by atoms with Crippen molar-refractivity contribution < 1.29 is 23.4 Å². The van der Waals surface area contributed by atoms with Gasteiger partial charge < -0.3 is 18.6 Å². The molecule has 192 valence electrons. The topological polar surface area (TPSA) is 82.3 Å². The zero-order valence-corrected chi connectivity index (χ0v) is 21.6. The van der Waals surface area contributed by atoms with Gasteiger partial charge in [-0.2, -0.15) is 5.10 Å². The van der Waals surface area contributed by atoms with Gasteiger partial charge in [0.05, 0.1) is 25.0 Å². The third kappa shape index (κ3) is 5.43. The smallest absolute Gasteiger partial charge is 0.307 e. The first-order valence-electron chi connectivity index (χ1n) is 12.0. The monoisotopic (exact) mass is 528 g/mol. The average molecular weight is 529 g/mol. The summed E-state index contributed by atoms with van der Waals surface area (Å²) >= 11 is 6.54. The maximum Gasteiger partial charge on any atom is 0.307 e. The van der Waals surface area contributed by atoms with E-state index in [1.807, 2.05) is 37.3 Å². The summed E-state index contributed by atoms with van der Waals surface area (Å²) < 4.78 is 22.7. The molecular weight excluding hydrogens is 504 g/mol. The number of hydrogen-bond donors (Lipinski definition) is 1. The zero-order chi connectivity index (χ0) is 26.5. The molecule has 0 aliphatic carbocycles. The number of hydrazone groups is 1. The number of methoxy groups -OCH3 is 1. The molecule has 1 aromatic heterocycles. The Hall–Kier alpha value is -4.49. The molecular formula is C30H25ClN2O5. The SMILES string of the molecule is CCOc1ccc2oc(C(=O)N/N=C/c3cc(Cl)c(OCc4cccc5ccccc45)c(OC)c3)cc2c1. The molecule has 0 fully saturated rings. The Bertz CT molecular complexity index is 1640. The van der Waals surface area contributed by atoms with E-state index in [2.05, 4.69) is 28.7 Å². The van der Waals surface area contributed by atoms with Crippen molar-refractivity contribution in [3.8, 4) is 17.2 Å². The van der Waals surface area contributed by atoms with Crippen molar-refractivity contribution in [1.82, 2.24) is 5.43 Å². The minimum atomic E-state index is -0.483. The third-order valence-corrected chi connectivity index (χ3v) is 6.19. The maximum absolute atomic E-state index is 12.6. The first-order valence-corrected chi connectivity index (χ1v) is 12.4. The van der Waals surface area contributed by atoms with E-state index >= 15 is 0 Å². The summed E-state index contributed by atoms with van der Waals surface area (Å²) in [5, 5.41) is 7.42. The first kappa shape index (κ1) is 25.2. The quantitative estimate of drug-likeness (QED) is 0.165.